The predicted octanol–water partition coefficient (Wildman–Crippen LogP) is 4.78. The number of carbonyl (C=O) groups is 1. The lowest BCUT2D eigenvalue weighted by molar-refractivity contribution is -0.114. The molecule has 1 amide bonds. The Balaban J connectivity index is 2.12. The molecule has 0 bridgehead atoms. The lowest BCUT2D eigenvalue weighted by Crippen LogP contribution is -2.08. The Morgan fingerprint density at radius 2 is 1.95 bits per heavy atom. The van der Waals surface area contributed by atoms with Crippen molar-refractivity contribution in [2.75, 3.05) is 10.6 Å². The number of carbonyl (C=O) groups excluding carboxylic acids is 1. The number of nitrogens with one attached hydrogen (secondary N) is 2. The molecule has 0 saturated carbocycles. The molecule has 21 heavy (non-hydrogen) atoms. The maximum atomic E-state index is 11.1. The summed E-state index contributed by atoms with van der Waals surface area (Å²) in [6.45, 7) is 5.64. The van der Waals surface area contributed by atoms with Gasteiger partial charge in [0.2, 0.25) is 5.91 Å². The van der Waals surface area contributed by atoms with Crippen LogP contribution >= 0.6 is 11.6 Å². The van der Waals surface area contributed by atoms with Crippen molar-refractivity contribution in [2.45, 2.75) is 26.8 Å². The van der Waals surface area contributed by atoms with Crippen molar-refractivity contribution in [1.29, 1.82) is 0 Å². The van der Waals surface area contributed by atoms with E-state index in [1.165, 1.54) is 18.1 Å². The fourth-order valence-electron chi connectivity index (χ4n) is 2.17. The number of aryl methyl sites for hydroxylation is 1. The Hall–Kier alpha value is -2.00. The van der Waals surface area contributed by atoms with Crippen LogP contribution in [0.5, 0.6) is 0 Å². The molecule has 0 aliphatic rings. The van der Waals surface area contributed by atoms with Crippen LogP contribution in [0.15, 0.2) is 42.5 Å². The molecule has 0 radical (unpaired) electrons. The predicted molar refractivity (Wildman–Crippen MR) is 89.0 cm³/mol. The van der Waals surface area contributed by atoms with E-state index in [0.29, 0.717) is 10.7 Å². The van der Waals surface area contributed by atoms with Crippen molar-refractivity contribution in [3.8, 4) is 0 Å². The molecule has 0 spiro atoms. The van der Waals surface area contributed by atoms with Crippen LogP contribution in [0.2, 0.25) is 5.02 Å². The van der Waals surface area contributed by atoms with Gasteiger partial charge in [0.1, 0.15) is 0 Å². The van der Waals surface area contributed by atoms with E-state index in [4.69, 9.17) is 11.6 Å². The van der Waals surface area contributed by atoms with E-state index in [0.717, 1.165) is 5.69 Å². The maximum absolute atomic E-state index is 11.1. The average Bonchev–Trinajstić information content (AvgIpc) is 2.41. The van der Waals surface area contributed by atoms with Crippen LogP contribution in [0.1, 0.15) is 31.0 Å². The van der Waals surface area contributed by atoms with Gasteiger partial charge in [-0.3, -0.25) is 4.79 Å². The fraction of sp³-hybridized carbons (Fsp3) is 0.235. The number of anilines is 2. The van der Waals surface area contributed by atoms with Crippen LogP contribution in [-0.2, 0) is 4.79 Å². The summed E-state index contributed by atoms with van der Waals surface area (Å²) in [6.07, 6.45) is 0. The summed E-state index contributed by atoms with van der Waals surface area (Å²) in [5.74, 6) is -0.134. The summed E-state index contributed by atoms with van der Waals surface area (Å²) >= 11 is 6.17. The largest absolute Gasteiger partial charge is 0.378 e. The minimum atomic E-state index is -0.134. The Morgan fingerprint density at radius 3 is 2.57 bits per heavy atom. The molecular formula is C17H19ClN2O. The molecule has 1 unspecified atom stereocenters. The molecule has 2 N–H and O–H groups in total. The summed E-state index contributed by atoms with van der Waals surface area (Å²) in [5.41, 5.74) is 4.00. The molecule has 2 aromatic rings. The standard InChI is InChI=1S/C17H19ClN2O/c1-11-5-4-6-14(9-11)12(2)19-15-7-8-17(16(18)10-15)20-13(3)21/h4-10,12,19H,1-3H3,(H,20,21). The number of amides is 1. The molecule has 2 aromatic carbocycles. The second-order valence-electron chi connectivity index (χ2n) is 5.16. The van der Waals surface area contributed by atoms with E-state index in [9.17, 15) is 4.79 Å². The van der Waals surface area contributed by atoms with Gasteiger partial charge in [0.05, 0.1) is 10.7 Å². The molecule has 2 rings (SSSR count). The normalized spacial score (nSPS) is 11.8. The molecule has 0 aliphatic carbocycles. The van der Waals surface area contributed by atoms with Crippen LogP contribution < -0.4 is 10.6 Å². The number of benzene rings is 2. The molecule has 0 aromatic heterocycles. The zero-order chi connectivity index (χ0) is 15.4. The minimum absolute atomic E-state index is 0.134. The molecule has 4 heteroatoms. The van der Waals surface area contributed by atoms with Crippen LogP contribution in [0, 0.1) is 6.92 Å². The van der Waals surface area contributed by atoms with Gasteiger partial charge < -0.3 is 10.6 Å². The monoisotopic (exact) mass is 302 g/mol. The molecule has 0 saturated heterocycles. The average molecular weight is 303 g/mol. The smallest absolute Gasteiger partial charge is 0.221 e. The molecule has 110 valence electrons. The number of hydrogen-bond donors (Lipinski definition) is 2. The van der Waals surface area contributed by atoms with Crippen molar-refractivity contribution in [3.05, 3.63) is 58.6 Å². The van der Waals surface area contributed by atoms with Crippen LogP contribution in [-0.4, -0.2) is 5.91 Å². The number of rotatable bonds is 4. The van der Waals surface area contributed by atoms with Crippen molar-refractivity contribution in [3.63, 3.8) is 0 Å². The first kappa shape index (κ1) is 15.4. The van der Waals surface area contributed by atoms with Crippen molar-refractivity contribution in [2.24, 2.45) is 0 Å². The van der Waals surface area contributed by atoms with Gasteiger partial charge in [0.15, 0.2) is 0 Å². The zero-order valence-electron chi connectivity index (χ0n) is 12.4. The van der Waals surface area contributed by atoms with Gasteiger partial charge in [-0.25, -0.2) is 0 Å². The van der Waals surface area contributed by atoms with E-state index in [-0.39, 0.29) is 11.9 Å². The van der Waals surface area contributed by atoms with Gasteiger partial charge in [-0.05, 0) is 37.6 Å². The quantitative estimate of drug-likeness (QED) is 0.853. The van der Waals surface area contributed by atoms with Gasteiger partial charge in [0, 0.05) is 18.7 Å². The van der Waals surface area contributed by atoms with E-state index < -0.39 is 0 Å². The molecule has 1 atom stereocenters. The second-order valence-corrected chi connectivity index (χ2v) is 5.56. The van der Waals surface area contributed by atoms with Gasteiger partial charge >= 0.3 is 0 Å². The number of halogens is 1. The molecule has 3 nitrogen and oxygen atoms in total. The highest BCUT2D eigenvalue weighted by Crippen LogP contribution is 2.28. The third kappa shape index (κ3) is 4.23. The zero-order valence-corrected chi connectivity index (χ0v) is 13.2. The summed E-state index contributed by atoms with van der Waals surface area (Å²) in [7, 11) is 0. The summed E-state index contributed by atoms with van der Waals surface area (Å²) in [6, 6.07) is 14.1. The first-order valence-electron chi connectivity index (χ1n) is 6.86. The highest BCUT2D eigenvalue weighted by Gasteiger charge is 2.08. The summed E-state index contributed by atoms with van der Waals surface area (Å²) < 4.78 is 0. The fourth-order valence-corrected chi connectivity index (χ4v) is 2.40. The Morgan fingerprint density at radius 1 is 1.19 bits per heavy atom. The van der Waals surface area contributed by atoms with E-state index >= 15 is 0 Å². The van der Waals surface area contributed by atoms with E-state index in [1.807, 2.05) is 12.1 Å². The molecule has 0 heterocycles. The highest BCUT2D eigenvalue weighted by atomic mass is 35.5. The van der Waals surface area contributed by atoms with E-state index in [1.54, 1.807) is 6.07 Å². The molecule has 0 aliphatic heterocycles. The third-order valence-electron chi connectivity index (χ3n) is 3.21. The molecule has 0 fully saturated rings. The SMILES string of the molecule is CC(=O)Nc1ccc(NC(C)c2cccc(C)c2)cc1Cl. The molecular weight excluding hydrogens is 284 g/mol. The van der Waals surface area contributed by atoms with E-state index in [2.05, 4.69) is 48.7 Å². The summed E-state index contributed by atoms with van der Waals surface area (Å²) in [4.78, 5) is 11.1. The van der Waals surface area contributed by atoms with Gasteiger partial charge in [-0.2, -0.15) is 0 Å². The van der Waals surface area contributed by atoms with Gasteiger partial charge in [-0.15, -0.1) is 0 Å². The first-order chi connectivity index (χ1) is 9.95. The van der Waals surface area contributed by atoms with Crippen molar-refractivity contribution < 1.29 is 4.79 Å². The first-order valence-corrected chi connectivity index (χ1v) is 7.24. The second kappa shape index (κ2) is 6.64. The Bertz CT molecular complexity index is 655. The van der Waals surface area contributed by atoms with Crippen molar-refractivity contribution >= 4 is 28.9 Å². The van der Waals surface area contributed by atoms with Crippen LogP contribution in [0.4, 0.5) is 11.4 Å². The van der Waals surface area contributed by atoms with Gasteiger partial charge in [0.25, 0.3) is 0 Å². The van der Waals surface area contributed by atoms with Crippen LogP contribution in [0.25, 0.3) is 0 Å². The lowest BCUT2D eigenvalue weighted by atomic mass is 10.1. The maximum Gasteiger partial charge on any atom is 0.221 e. The van der Waals surface area contributed by atoms with Crippen molar-refractivity contribution in [1.82, 2.24) is 0 Å². The summed E-state index contributed by atoms with van der Waals surface area (Å²) in [5, 5.41) is 6.62. The van der Waals surface area contributed by atoms with Crippen LogP contribution in [0.3, 0.4) is 0 Å². The third-order valence-corrected chi connectivity index (χ3v) is 3.52. The Labute approximate surface area is 130 Å². The number of hydrogen-bond acceptors (Lipinski definition) is 2. The van der Waals surface area contributed by atoms with Gasteiger partial charge in [-0.1, -0.05) is 41.4 Å². The minimum Gasteiger partial charge on any atom is -0.378 e. The Kier molecular flexibility index (Phi) is 4.86. The topological polar surface area (TPSA) is 41.1 Å². The highest BCUT2D eigenvalue weighted by molar-refractivity contribution is 6.34. The lowest BCUT2D eigenvalue weighted by Gasteiger charge is -2.17.